The molecule has 1 aromatic rings. The molecule has 21 heavy (non-hydrogen) atoms. The number of rotatable bonds is 6. The Morgan fingerprint density at radius 1 is 1.48 bits per heavy atom. The van der Waals surface area contributed by atoms with Gasteiger partial charge in [-0.15, -0.1) is 0 Å². The predicted octanol–water partition coefficient (Wildman–Crippen LogP) is 1.55. The van der Waals surface area contributed by atoms with Crippen LogP contribution >= 0.6 is 0 Å². The predicted molar refractivity (Wildman–Crippen MR) is 78.1 cm³/mol. The number of ether oxygens (including phenoxy) is 1. The maximum Gasteiger partial charge on any atom is 0.271 e. The lowest BCUT2D eigenvalue weighted by atomic mass is 10.0. The summed E-state index contributed by atoms with van der Waals surface area (Å²) in [7, 11) is 0. The molecule has 2 rings (SSSR count). The van der Waals surface area contributed by atoms with Gasteiger partial charge in [-0.25, -0.2) is 0 Å². The number of anilines is 1. The molecule has 114 valence electrons. The van der Waals surface area contributed by atoms with Crippen molar-refractivity contribution < 1.29 is 14.5 Å². The summed E-state index contributed by atoms with van der Waals surface area (Å²) in [6.07, 6.45) is 0.982. The van der Waals surface area contributed by atoms with Gasteiger partial charge in [-0.2, -0.15) is 0 Å². The number of benzene rings is 1. The van der Waals surface area contributed by atoms with Crippen LogP contribution in [0.4, 0.5) is 11.4 Å². The van der Waals surface area contributed by atoms with Gasteiger partial charge >= 0.3 is 0 Å². The summed E-state index contributed by atoms with van der Waals surface area (Å²) >= 11 is 0. The molecule has 0 aliphatic carbocycles. The molecule has 1 aliphatic heterocycles. The maximum absolute atomic E-state index is 12.3. The average molecular weight is 293 g/mol. The number of carbonyl (C=O) groups excluding carboxylic acids is 1. The zero-order valence-corrected chi connectivity index (χ0v) is 11.9. The normalized spacial score (nSPS) is 21.2. The van der Waals surface area contributed by atoms with Crippen molar-refractivity contribution in [2.24, 2.45) is 5.92 Å². The van der Waals surface area contributed by atoms with E-state index in [0.717, 1.165) is 13.0 Å². The highest BCUT2D eigenvalue weighted by atomic mass is 16.6. The van der Waals surface area contributed by atoms with Gasteiger partial charge in [0.2, 0.25) is 5.91 Å². The van der Waals surface area contributed by atoms with Gasteiger partial charge in [0.15, 0.2) is 0 Å². The van der Waals surface area contributed by atoms with Crippen LogP contribution < -0.4 is 10.6 Å². The summed E-state index contributed by atoms with van der Waals surface area (Å²) in [6, 6.07) is 5.91. The van der Waals surface area contributed by atoms with Gasteiger partial charge in [0.1, 0.15) is 0 Å². The quantitative estimate of drug-likeness (QED) is 0.613. The zero-order valence-electron chi connectivity index (χ0n) is 11.9. The van der Waals surface area contributed by atoms with Crippen LogP contribution in [-0.4, -0.2) is 36.6 Å². The van der Waals surface area contributed by atoms with Crippen LogP contribution in [0, 0.1) is 16.0 Å². The van der Waals surface area contributed by atoms with Gasteiger partial charge in [0, 0.05) is 23.9 Å². The standard InChI is InChI=1S/C14H19N3O4/c1-2-6-15-13-9-21-8-12(13)14(18)16-10-4-3-5-11(7-10)17(19)20/h3-5,7,12-13,15H,2,6,8-9H2,1H3,(H,16,18). The number of hydrogen-bond donors (Lipinski definition) is 2. The lowest BCUT2D eigenvalue weighted by molar-refractivity contribution is -0.384. The average Bonchev–Trinajstić information content (AvgIpc) is 2.93. The van der Waals surface area contributed by atoms with Crippen molar-refractivity contribution in [1.29, 1.82) is 0 Å². The van der Waals surface area contributed by atoms with Crippen molar-refractivity contribution >= 4 is 17.3 Å². The van der Waals surface area contributed by atoms with Gasteiger partial charge in [0.25, 0.3) is 5.69 Å². The number of nitrogens with zero attached hydrogens (tertiary/aromatic N) is 1. The molecule has 2 atom stereocenters. The van der Waals surface area contributed by atoms with Crippen molar-refractivity contribution in [1.82, 2.24) is 5.32 Å². The van der Waals surface area contributed by atoms with Crippen LogP contribution in [0.5, 0.6) is 0 Å². The van der Waals surface area contributed by atoms with E-state index in [2.05, 4.69) is 17.6 Å². The number of non-ortho nitro benzene ring substituents is 1. The number of nitro groups is 1. The maximum atomic E-state index is 12.3. The monoisotopic (exact) mass is 293 g/mol. The van der Waals surface area contributed by atoms with Crippen molar-refractivity contribution in [3.63, 3.8) is 0 Å². The minimum absolute atomic E-state index is 0.0105. The van der Waals surface area contributed by atoms with E-state index in [1.165, 1.54) is 12.1 Å². The first-order valence-corrected chi connectivity index (χ1v) is 6.98. The summed E-state index contributed by atoms with van der Waals surface area (Å²) in [4.78, 5) is 22.5. The van der Waals surface area contributed by atoms with E-state index in [1.54, 1.807) is 12.1 Å². The molecule has 0 radical (unpaired) electrons. The van der Waals surface area contributed by atoms with Crippen LogP contribution in [0.2, 0.25) is 0 Å². The van der Waals surface area contributed by atoms with Gasteiger partial charge in [-0.1, -0.05) is 13.0 Å². The van der Waals surface area contributed by atoms with E-state index in [0.29, 0.717) is 18.9 Å². The Hall–Kier alpha value is -1.99. The summed E-state index contributed by atoms with van der Waals surface area (Å²) in [6.45, 7) is 3.75. The summed E-state index contributed by atoms with van der Waals surface area (Å²) in [5, 5.41) is 16.7. The van der Waals surface area contributed by atoms with Crippen LogP contribution in [0.15, 0.2) is 24.3 Å². The molecule has 0 spiro atoms. The number of nitrogens with one attached hydrogen (secondary N) is 2. The first kappa shape index (κ1) is 15.4. The highest BCUT2D eigenvalue weighted by Crippen LogP contribution is 2.20. The molecule has 1 saturated heterocycles. The summed E-state index contributed by atoms with van der Waals surface area (Å²) < 4.78 is 5.36. The molecule has 7 nitrogen and oxygen atoms in total. The van der Waals surface area contributed by atoms with E-state index >= 15 is 0 Å². The first-order valence-electron chi connectivity index (χ1n) is 6.98. The van der Waals surface area contributed by atoms with E-state index in [4.69, 9.17) is 4.74 Å². The third kappa shape index (κ3) is 3.99. The second-order valence-electron chi connectivity index (χ2n) is 5.00. The summed E-state index contributed by atoms with van der Waals surface area (Å²) in [5.41, 5.74) is 0.381. The summed E-state index contributed by atoms with van der Waals surface area (Å²) in [5.74, 6) is -0.461. The lowest BCUT2D eigenvalue weighted by Gasteiger charge is -2.18. The molecule has 2 N–H and O–H groups in total. The Labute approximate surface area is 122 Å². The molecule has 1 heterocycles. The number of nitro benzene ring substituents is 1. The number of carbonyl (C=O) groups is 1. The highest BCUT2D eigenvalue weighted by molar-refractivity contribution is 5.93. The molecular formula is C14H19N3O4. The van der Waals surface area contributed by atoms with Crippen LogP contribution in [-0.2, 0) is 9.53 Å². The van der Waals surface area contributed by atoms with Crippen LogP contribution in [0.3, 0.4) is 0 Å². The first-order chi connectivity index (χ1) is 10.1. The molecule has 1 amide bonds. The molecule has 1 aliphatic rings. The fraction of sp³-hybridized carbons (Fsp3) is 0.500. The molecule has 2 unspecified atom stereocenters. The minimum atomic E-state index is -0.486. The fourth-order valence-electron chi connectivity index (χ4n) is 2.28. The molecule has 1 fully saturated rings. The third-order valence-corrected chi connectivity index (χ3v) is 3.40. The Kier molecular flexibility index (Phi) is 5.24. The van der Waals surface area contributed by atoms with E-state index < -0.39 is 4.92 Å². The molecular weight excluding hydrogens is 274 g/mol. The largest absolute Gasteiger partial charge is 0.379 e. The Morgan fingerprint density at radius 3 is 3.00 bits per heavy atom. The Bertz CT molecular complexity index is 521. The van der Waals surface area contributed by atoms with Gasteiger partial charge < -0.3 is 15.4 Å². The van der Waals surface area contributed by atoms with Crippen molar-refractivity contribution in [2.45, 2.75) is 19.4 Å². The second-order valence-corrected chi connectivity index (χ2v) is 5.00. The molecule has 7 heteroatoms. The molecule has 0 aromatic heterocycles. The Balaban J connectivity index is 2.00. The van der Waals surface area contributed by atoms with E-state index in [-0.39, 0.29) is 23.6 Å². The Morgan fingerprint density at radius 2 is 2.29 bits per heavy atom. The third-order valence-electron chi connectivity index (χ3n) is 3.40. The van der Waals surface area contributed by atoms with Gasteiger partial charge in [-0.05, 0) is 19.0 Å². The lowest BCUT2D eigenvalue weighted by Crippen LogP contribution is -2.41. The number of amides is 1. The number of hydrogen-bond acceptors (Lipinski definition) is 5. The SMILES string of the molecule is CCCNC1COCC1C(=O)Nc1cccc([N+](=O)[O-])c1. The van der Waals surface area contributed by atoms with Crippen LogP contribution in [0.25, 0.3) is 0 Å². The van der Waals surface area contributed by atoms with Crippen molar-refractivity contribution in [3.05, 3.63) is 34.4 Å². The second kappa shape index (κ2) is 7.14. The topological polar surface area (TPSA) is 93.5 Å². The van der Waals surface area contributed by atoms with Crippen molar-refractivity contribution in [2.75, 3.05) is 25.1 Å². The smallest absolute Gasteiger partial charge is 0.271 e. The van der Waals surface area contributed by atoms with Crippen molar-refractivity contribution in [3.8, 4) is 0 Å². The van der Waals surface area contributed by atoms with E-state index in [9.17, 15) is 14.9 Å². The van der Waals surface area contributed by atoms with Gasteiger partial charge in [0.05, 0.1) is 24.1 Å². The van der Waals surface area contributed by atoms with Crippen LogP contribution in [0.1, 0.15) is 13.3 Å². The van der Waals surface area contributed by atoms with E-state index in [1.807, 2.05) is 0 Å². The fourth-order valence-corrected chi connectivity index (χ4v) is 2.28. The molecule has 1 aromatic carbocycles. The molecule has 0 bridgehead atoms. The minimum Gasteiger partial charge on any atom is -0.379 e. The zero-order chi connectivity index (χ0) is 15.2. The molecule has 0 saturated carbocycles. The highest BCUT2D eigenvalue weighted by Gasteiger charge is 2.33. The van der Waals surface area contributed by atoms with Gasteiger partial charge in [-0.3, -0.25) is 14.9 Å².